The molecule has 5 heteroatoms. The molecule has 0 fully saturated rings. The van der Waals surface area contributed by atoms with Crippen LogP contribution >= 0.6 is 0 Å². The van der Waals surface area contributed by atoms with Crippen LogP contribution < -0.4 is 10.6 Å². The van der Waals surface area contributed by atoms with E-state index in [0.717, 1.165) is 5.56 Å². The number of hydrogen-bond donors (Lipinski definition) is 3. The first-order chi connectivity index (χ1) is 9.22. The Kier molecular flexibility index (Phi) is 4.20. The van der Waals surface area contributed by atoms with E-state index in [9.17, 15) is 9.90 Å². The van der Waals surface area contributed by atoms with Gasteiger partial charge in [0.05, 0.1) is 0 Å². The highest BCUT2D eigenvalue weighted by Gasteiger charge is 2.23. The number of carbonyl (C=O) groups is 1. The van der Waals surface area contributed by atoms with Crippen molar-refractivity contribution in [2.45, 2.75) is 12.7 Å². The van der Waals surface area contributed by atoms with Gasteiger partial charge < -0.3 is 20.5 Å². The summed E-state index contributed by atoms with van der Waals surface area (Å²) in [4.78, 5) is 11.7. The van der Waals surface area contributed by atoms with Crippen LogP contribution in [0.2, 0.25) is 0 Å². The molecule has 1 amide bonds. The molecule has 0 saturated carbocycles. The Hall–Kier alpha value is -2.27. The van der Waals surface area contributed by atoms with Crippen LogP contribution in [0.3, 0.4) is 0 Å². The second-order valence-electron chi connectivity index (χ2n) is 4.04. The topological polar surface area (TPSA) is 70.6 Å². The number of ether oxygens (including phenoxy) is 1. The molecule has 1 unspecified atom stereocenters. The standard InChI is InChI=1S/C14H16N2O3/c1-15-14(18)12-13(11(17)7-8-16-12)19-9-10-5-3-2-4-6-10/h2-8,11,16-17H,9H2,1H3,(H,15,18). The average Bonchev–Trinajstić information content (AvgIpc) is 2.46. The molecule has 0 aliphatic carbocycles. The SMILES string of the molecule is CNC(=O)C1=C(OCc2ccccc2)C(O)C=CN1. The van der Waals surface area contributed by atoms with E-state index < -0.39 is 6.10 Å². The molecule has 0 radical (unpaired) electrons. The van der Waals surface area contributed by atoms with E-state index in [-0.39, 0.29) is 17.4 Å². The summed E-state index contributed by atoms with van der Waals surface area (Å²) in [5.41, 5.74) is 1.20. The van der Waals surface area contributed by atoms with Gasteiger partial charge in [0.25, 0.3) is 5.91 Å². The van der Waals surface area contributed by atoms with Crippen molar-refractivity contribution in [1.82, 2.24) is 10.6 Å². The van der Waals surface area contributed by atoms with Crippen molar-refractivity contribution in [2.24, 2.45) is 0 Å². The van der Waals surface area contributed by atoms with Gasteiger partial charge in [0.1, 0.15) is 18.4 Å². The predicted octanol–water partition coefficient (Wildman–Crippen LogP) is 0.639. The normalized spacial score (nSPS) is 17.9. The van der Waals surface area contributed by atoms with E-state index in [1.54, 1.807) is 0 Å². The van der Waals surface area contributed by atoms with Crippen LogP contribution in [0.5, 0.6) is 0 Å². The zero-order valence-corrected chi connectivity index (χ0v) is 10.6. The maximum absolute atomic E-state index is 11.7. The van der Waals surface area contributed by atoms with Crippen molar-refractivity contribution in [3.63, 3.8) is 0 Å². The number of benzene rings is 1. The summed E-state index contributed by atoms with van der Waals surface area (Å²) in [5.74, 6) is -0.0998. The fourth-order valence-electron chi connectivity index (χ4n) is 1.72. The summed E-state index contributed by atoms with van der Waals surface area (Å²) in [6, 6.07) is 9.56. The quantitative estimate of drug-likeness (QED) is 0.743. The smallest absolute Gasteiger partial charge is 0.271 e. The monoisotopic (exact) mass is 260 g/mol. The Bertz CT molecular complexity index is 509. The molecular formula is C14H16N2O3. The fraction of sp³-hybridized carbons (Fsp3) is 0.214. The number of rotatable bonds is 4. The van der Waals surface area contributed by atoms with Gasteiger partial charge in [-0.25, -0.2) is 0 Å². The van der Waals surface area contributed by atoms with E-state index in [4.69, 9.17) is 4.74 Å². The van der Waals surface area contributed by atoms with Crippen LogP contribution in [0.15, 0.2) is 54.1 Å². The molecule has 1 aliphatic rings. The highest BCUT2D eigenvalue weighted by molar-refractivity contribution is 5.93. The summed E-state index contributed by atoms with van der Waals surface area (Å²) >= 11 is 0. The predicted molar refractivity (Wildman–Crippen MR) is 70.6 cm³/mol. The second kappa shape index (κ2) is 6.06. The fourth-order valence-corrected chi connectivity index (χ4v) is 1.72. The van der Waals surface area contributed by atoms with Crippen LogP contribution in [0.1, 0.15) is 5.56 Å². The minimum atomic E-state index is -0.919. The third-order valence-electron chi connectivity index (χ3n) is 2.71. The molecule has 0 aromatic heterocycles. The lowest BCUT2D eigenvalue weighted by Gasteiger charge is -2.21. The number of aliphatic hydroxyl groups is 1. The van der Waals surface area contributed by atoms with E-state index in [2.05, 4.69) is 10.6 Å². The van der Waals surface area contributed by atoms with Crippen molar-refractivity contribution in [2.75, 3.05) is 7.05 Å². The van der Waals surface area contributed by atoms with Gasteiger partial charge in [-0.2, -0.15) is 0 Å². The molecule has 1 atom stereocenters. The molecule has 1 aromatic carbocycles. The largest absolute Gasteiger partial charge is 0.488 e. The van der Waals surface area contributed by atoms with Crippen molar-refractivity contribution < 1.29 is 14.6 Å². The molecule has 0 saturated heterocycles. The van der Waals surface area contributed by atoms with Crippen LogP contribution in [-0.2, 0) is 16.1 Å². The van der Waals surface area contributed by atoms with Crippen LogP contribution in [0.4, 0.5) is 0 Å². The van der Waals surface area contributed by atoms with Crippen LogP contribution in [0.25, 0.3) is 0 Å². The van der Waals surface area contributed by atoms with Gasteiger partial charge in [0.15, 0.2) is 5.76 Å². The Morgan fingerprint density at radius 1 is 1.42 bits per heavy atom. The molecule has 0 bridgehead atoms. The lowest BCUT2D eigenvalue weighted by molar-refractivity contribution is -0.117. The molecule has 1 heterocycles. The number of amides is 1. The van der Waals surface area contributed by atoms with E-state index >= 15 is 0 Å². The van der Waals surface area contributed by atoms with Gasteiger partial charge in [0.2, 0.25) is 0 Å². The van der Waals surface area contributed by atoms with Crippen LogP contribution in [-0.4, -0.2) is 24.2 Å². The molecule has 3 N–H and O–H groups in total. The number of aliphatic hydroxyl groups excluding tert-OH is 1. The lowest BCUT2D eigenvalue weighted by Crippen LogP contribution is -2.33. The summed E-state index contributed by atoms with van der Waals surface area (Å²) < 4.78 is 5.57. The molecule has 19 heavy (non-hydrogen) atoms. The van der Waals surface area contributed by atoms with E-state index in [0.29, 0.717) is 6.61 Å². The summed E-state index contributed by atoms with van der Waals surface area (Å²) in [5, 5.41) is 15.2. The van der Waals surface area contributed by atoms with Crippen LogP contribution in [0, 0.1) is 0 Å². The number of carbonyl (C=O) groups excluding carboxylic acids is 1. The molecule has 1 aliphatic heterocycles. The number of likely N-dealkylation sites (N-methyl/N-ethyl adjacent to an activating group) is 1. The maximum Gasteiger partial charge on any atom is 0.271 e. The Morgan fingerprint density at radius 3 is 2.84 bits per heavy atom. The minimum absolute atomic E-state index is 0.228. The van der Waals surface area contributed by atoms with Gasteiger partial charge in [0, 0.05) is 13.2 Å². The zero-order valence-electron chi connectivity index (χ0n) is 10.6. The molecule has 100 valence electrons. The maximum atomic E-state index is 11.7. The van der Waals surface area contributed by atoms with E-state index in [1.807, 2.05) is 30.3 Å². The highest BCUT2D eigenvalue weighted by atomic mass is 16.5. The number of dihydropyridines is 1. The molecule has 5 nitrogen and oxygen atoms in total. The van der Waals surface area contributed by atoms with Gasteiger partial charge in [-0.1, -0.05) is 30.3 Å². The second-order valence-corrected chi connectivity index (χ2v) is 4.04. The van der Waals surface area contributed by atoms with E-state index in [1.165, 1.54) is 19.3 Å². The average molecular weight is 260 g/mol. The molecular weight excluding hydrogens is 244 g/mol. The molecule has 1 aromatic rings. The minimum Gasteiger partial charge on any atom is -0.488 e. The van der Waals surface area contributed by atoms with Gasteiger partial charge in [-0.15, -0.1) is 0 Å². The molecule has 2 rings (SSSR count). The lowest BCUT2D eigenvalue weighted by atomic mass is 10.1. The first-order valence-electron chi connectivity index (χ1n) is 5.96. The van der Waals surface area contributed by atoms with Crippen molar-refractivity contribution >= 4 is 5.91 Å². The van der Waals surface area contributed by atoms with Crippen molar-refractivity contribution in [3.05, 3.63) is 59.6 Å². The Morgan fingerprint density at radius 2 is 2.16 bits per heavy atom. The van der Waals surface area contributed by atoms with Crippen molar-refractivity contribution in [1.29, 1.82) is 0 Å². The number of hydrogen-bond acceptors (Lipinski definition) is 4. The summed E-state index contributed by atoms with van der Waals surface area (Å²) in [6.07, 6.45) is 2.12. The summed E-state index contributed by atoms with van der Waals surface area (Å²) in [7, 11) is 1.52. The first-order valence-corrected chi connectivity index (χ1v) is 5.96. The van der Waals surface area contributed by atoms with Gasteiger partial charge in [-0.05, 0) is 11.6 Å². The van der Waals surface area contributed by atoms with Crippen molar-refractivity contribution in [3.8, 4) is 0 Å². The summed E-state index contributed by atoms with van der Waals surface area (Å²) in [6.45, 7) is 0.295. The number of nitrogens with one attached hydrogen (secondary N) is 2. The third kappa shape index (κ3) is 3.14. The van der Waals surface area contributed by atoms with Gasteiger partial charge in [-0.3, -0.25) is 4.79 Å². The third-order valence-corrected chi connectivity index (χ3v) is 2.71. The Labute approximate surface area is 111 Å². The highest BCUT2D eigenvalue weighted by Crippen LogP contribution is 2.17. The van der Waals surface area contributed by atoms with Gasteiger partial charge >= 0.3 is 0 Å². The Balaban J connectivity index is 2.14. The zero-order chi connectivity index (χ0) is 13.7. The molecule has 0 spiro atoms. The first kappa shape index (κ1) is 13.2.